The first-order chi connectivity index (χ1) is 13.4. The van der Waals surface area contributed by atoms with Crippen molar-refractivity contribution in [2.24, 2.45) is 0 Å². The molecule has 0 saturated heterocycles. The van der Waals surface area contributed by atoms with Crippen molar-refractivity contribution in [1.82, 2.24) is 24.5 Å². The van der Waals surface area contributed by atoms with E-state index in [2.05, 4.69) is 19.9 Å². The van der Waals surface area contributed by atoms with Gasteiger partial charge in [0.25, 0.3) is 0 Å². The normalized spacial score (nSPS) is 16.5. The molecule has 0 atom stereocenters. The quantitative estimate of drug-likeness (QED) is 0.587. The Morgan fingerprint density at radius 1 is 1.21 bits per heavy atom. The first-order valence-electron chi connectivity index (χ1n) is 8.77. The van der Waals surface area contributed by atoms with Gasteiger partial charge in [-0.25, -0.2) is 28.1 Å². The molecular weight excluding hydrogens is 371 g/mol. The van der Waals surface area contributed by atoms with E-state index in [1.54, 1.807) is 16.7 Å². The van der Waals surface area contributed by atoms with E-state index < -0.39 is 23.2 Å². The van der Waals surface area contributed by atoms with Crippen LogP contribution in [0.25, 0.3) is 22.2 Å². The molecule has 1 saturated carbocycles. The first-order valence-corrected chi connectivity index (χ1v) is 8.77. The van der Waals surface area contributed by atoms with Crippen molar-refractivity contribution in [2.45, 2.75) is 31.2 Å². The molecule has 1 fully saturated rings. The first kappa shape index (κ1) is 16.9. The lowest BCUT2D eigenvalue weighted by molar-refractivity contribution is -0.0889. The molecule has 3 aromatic heterocycles. The fourth-order valence-corrected chi connectivity index (χ4v) is 3.80. The number of H-pyrrole nitrogens is 1. The van der Waals surface area contributed by atoms with E-state index in [4.69, 9.17) is 0 Å². The summed E-state index contributed by atoms with van der Waals surface area (Å²) < 4.78 is 42.7. The molecule has 9 heteroatoms. The van der Waals surface area contributed by atoms with Gasteiger partial charge in [0.2, 0.25) is 11.5 Å². The number of para-hydroxylation sites is 1. The molecule has 4 aromatic rings. The number of aromatic amines is 1. The number of rotatable bonds is 3. The molecule has 1 aliphatic carbocycles. The minimum atomic E-state index is -2.70. The number of fused-ring (bicyclic) bond motifs is 2. The predicted octanol–water partition coefficient (Wildman–Crippen LogP) is 3.37. The molecule has 28 heavy (non-hydrogen) atoms. The highest BCUT2D eigenvalue weighted by Gasteiger charge is 2.48. The molecule has 0 radical (unpaired) electrons. The monoisotopic (exact) mass is 385 g/mol. The lowest BCUT2D eigenvalue weighted by atomic mass is 9.80. The Morgan fingerprint density at radius 2 is 2.00 bits per heavy atom. The van der Waals surface area contributed by atoms with Crippen LogP contribution in [0.4, 0.5) is 13.2 Å². The number of aromatic nitrogens is 5. The third-order valence-corrected chi connectivity index (χ3v) is 5.11. The maximum Gasteiger partial charge on any atom is 0.249 e. The maximum atomic E-state index is 14.1. The van der Waals surface area contributed by atoms with Crippen LogP contribution in [-0.2, 0) is 6.54 Å². The van der Waals surface area contributed by atoms with Crippen LogP contribution in [-0.4, -0.2) is 30.4 Å². The SMILES string of the molecule is O=c1cc(Cn2c(C3CC(F)(F)C3)nc3nccnc32)c2cccc(F)c2[nH]1. The summed E-state index contributed by atoms with van der Waals surface area (Å²) in [4.78, 5) is 27.4. The van der Waals surface area contributed by atoms with Gasteiger partial charge in [-0.2, -0.15) is 0 Å². The molecule has 3 heterocycles. The van der Waals surface area contributed by atoms with Crippen molar-refractivity contribution in [2.75, 3.05) is 0 Å². The number of benzene rings is 1. The van der Waals surface area contributed by atoms with Crippen LogP contribution in [0.1, 0.15) is 30.1 Å². The largest absolute Gasteiger partial charge is 0.319 e. The number of nitrogens with one attached hydrogen (secondary N) is 1. The molecule has 0 spiro atoms. The zero-order chi connectivity index (χ0) is 19.5. The van der Waals surface area contributed by atoms with Crippen LogP contribution in [0.2, 0.25) is 0 Å². The van der Waals surface area contributed by atoms with Gasteiger partial charge in [0.15, 0.2) is 11.3 Å². The summed E-state index contributed by atoms with van der Waals surface area (Å²) in [6.45, 7) is 0.149. The zero-order valence-corrected chi connectivity index (χ0v) is 14.5. The van der Waals surface area contributed by atoms with E-state index in [9.17, 15) is 18.0 Å². The Kier molecular flexibility index (Phi) is 3.55. The zero-order valence-electron chi connectivity index (χ0n) is 14.5. The number of hydrogen-bond acceptors (Lipinski definition) is 4. The lowest BCUT2D eigenvalue weighted by Gasteiger charge is -2.34. The molecule has 142 valence electrons. The highest BCUT2D eigenvalue weighted by Crippen LogP contribution is 2.48. The summed E-state index contributed by atoms with van der Waals surface area (Å²) in [6, 6.07) is 5.90. The summed E-state index contributed by atoms with van der Waals surface area (Å²) >= 11 is 0. The van der Waals surface area contributed by atoms with Gasteiger partial charge in [-0.05, 0) is 11.6 Å². The highest BCUT2D eigenvalue weighted by molar-refractivity contribution is 5.82. The number of halogens is 3. The van der Waals surface area contributed by atoms with E-state index >= 15 is 0 Å². The number of hydrogen-bond donors (Lipinski definition) is 1. The van der Waals surface area contributed by atoms with E-state index in [-0.39, 0.29) is 24.9 Å². The summed E-state index contributed by atoms with van der Waals surface area (Å²) in [6.07, 6.45) is 2.40. The van der Waals surface area contributed by atoms with Gasteiger partial charge >= 0.3 is 0 Å². The van der Waals surface area contributed by atoms with Crippen molar-refractivity contribution in [3.8, 4) is 0 Å². The molecule has 0 aliphatic heterocycles. The van der Waals surface area contributed by atoms with Gasteiger partial charge in [-0.3, -0.25) is 4.79 Å². The fourth-order valence-electron chi connectivity index (χ4n) is 3.80. The molecule has 5 rings (SSSR count). The molecule has 1 N–H and O–H groups in total. The second-order valence-electron chi connectivity index (χ2n) is 7.04. The maximum absolute atomic E-state index is 14.1. The Morgan fingerprint density at radius 3 is 2.79 bits per heavy atom. The third kappa shape index (κ3) is 2.65. The van der Waals surface area contributed by atoms with Gasteiger partial charge < -0.3 is 9.55 Å². The molecular formula is C19H14F3N5O. The van der Waals surface area contributed by atoms with Crippen LogP contribution >= 0.6 is 0 Å². The lowest BCUT2D eigenvalue weighted by Crippen LogP contribution is -2.35. The van der Waals surface area contributed by atoms with E-state index in [0.717, 1.165) is 0 Å². The van der Waals surface area contributed by atoms with Gasteiger partial charge in [-0.1, -0.05) is 12.1 Å². The summed E-state index contributed by atoms with van der Waals surface area (Å²) in [7, 11) is 0. The highest BCUT2D eigenvalue weighted by atomic mass is 19.3. The van der Waals surface area contributed by atoms with Crippen molar-refractivity contribution < 1.29 is 13.2 Å². The fraction of sp³-hybridized carbons (Fsp3) is 0.263. The van der Waals surface area contributed by atoms with Crippen LogP contribution < -0.4 is 5.56 Å². The Hall–Kier alpha value is -3.23. The van der Waals surface area contributed by atoms with Crippen molar-refractivity contribution >= 4 is 22.2 Å². The van der Waals surface area contributed by atoms with Crippen LogP contribution in [0.5, 0.6) is 0 Å². The second kappa shape index (κ2) is 5.88. The summed E-state index contributed by atoms with van der Waals surface area (Å²) in [5, 5.41) is 0.537. The van der Waals surface area contributed by atoms with Gasteiger partial charge in [-0.15, -0.1) is 0 Å². The minimum absolute atomic E-state index is 0.109. The third-order valence-electron chi connectivity index (χ3n) is 5.11. The van der Waals surface area contributed by atoms with Crippen LogP contribution in [0, 0.1) is 5.82 Å². The predicted molar refractivity (Wildman–Crippen MR) is 95.9 cm³/mol. The van der Waals surface area contributed by atoms with Gasteiger partial charge in [0.1, 0.15) is 11.6 Å². The number of nitrogens with zero attached hydrogens (tertiary/aromatic N) is 4. The average molecular weight is 385 g/mol. The molecule has 6 nitrogen and oxygen atoms in total. The Labute approximate surface area is 156 Å². The van der Waals surface area contributed by atoms with E-state index in [1.807, 2.05) is 0 Å². The van der Waals surface area contributed by atoms with Crippen molar-refractivity contribution in [1.29, 1.82) is 0 Å². The number of imidazole rings is 1. The van der Waals surface area contributed by atoms with Crippen LogP contribution in [0.15, 0.2) is 41.5 Å². The van der Waals surface area contributed by atoms with Crippen molar-refractivity contribution in [3.63, 3.8) is 0 Å². The number of alkyl halides is 2. The summed E-state index contributed by atoms with van der Waals surface area (Å²) in [5.41, 5.74) is 1.01. The van der Waals surface area contributed by atoms with Crippen molar-refractivity contribution in [3.05, 3.63) is 64.2 Å². The molecule has 0 bridgehead atoms. The van der Waals surface area contributed by atoms with Crippen LogP contribution in [0.3, 0.4) is 0 Å². The summed E-state index contributed by atoms with van der Waals surface area (Å²) in [5.74, 6) is -3.20. The van der Waals surface area contributed by atoms with Gasteiger partial charge in [0, 0.05) is 42.6 Å². The Balaban J connectivity index is 1.68. The smallest absolute Gasteiger partial charge is 0.249 e. The number of pyridine rings is 1. The molecule has 1 aliphatic rings. The Bertz CT molecular complexity index is 1270. The molecule has 1 aromatic carbocycles. The topological polar surface area (TPSA) is 76.5 Å². The average Bonchev–Trinajstić information content (AvgIpc) is 2.99. The van der Waals surface area contributed by atoms with Gasteiger partial charge in [0.05, 0.1) is 12.1 Å². The second-order valence-corrected chi connectivity index (χ2v) is 7.04. The van der Waals surface area contributed by atoms with E-state index in [1.165, 1.54) is 24.5 Å². The molecule has 0 unspecified atom stereocenters. The minimum Gasteiger partial charge on any atom is -0.319 e. The molecule has 0 amide bonds. The standard InChI is InChI=1S/C19H14F3N5O/c20-13-3-1-2-12-10(6-14(28)25-15(12)13)9-27-17(11-7-19(21,22)8-11)26-16-18(27)24-5-4-23-16/h1-6,11H,7-9H2,(H,25,28). The van der Waals surface area contributed by atoms with E-state index in [0.29, 0.717) is 28.1 Å².